The van der Waals surface area contributed by atoms with Gasteiger partial charge in [-0.1, -0.05) is 12.0 Å². The highest BCUT2D eigenvalue weighted by Crippen LogP contribution is 2.42. The van der Waals surface area contributed by atoms with E-state index >= 15 is 4.39 Å². The summed E-state index contributed by atoms with van der Waals surface area (Å²) in [4.78, 5) is 35.1. The fourth-order valence-electron chi connectivity index (χ4n) is 8.47. The molecule has 4 fully saturated rings. The molecule has 0 spiro atoms. The van der Waals surface area contributed by atoms with Gasteiger partial charge >= 0.3 is 18.1 Å². The second kappa shape index (κ2) is 11.7. The molecule has 2 aromatic carbocycles. The quantitative estimate of drug-likeness (QED) is 0.140. The smallest absolute Gasteiger partial charge is 0.344 e. The maximum atomic E-state index is 16.9. The molecule has 14 heteroatoms. The molecular weight excluding hydrogens is 637 g/mol. The molecule has 4 aliphatic rings. The number of aromatic nitrogens is 3. The number of amides is 1. The molecule has 6 heterocycles. The van der Waals surface area contributed by atoms with Crippen LogP contribution in [-0.2, 0) is 4.79 Å². The molecule has 4 aromatic rings. The summed E-state index contributed by atoms with van der Waals surface area (Å²) in [6, 6.07) is 4.80. The van der Waals surface area contributed by atoms with Crippen molar-refractivity contribution in [1.82, 2.24) is 24.8 Å². The number of benzene rings is 2. The number of rotatable bonds is 6. The van der Waals surface area contributed by atoms with Crippen LogP contribution in [-0.4, -0.2) is 103 Å². The van der Waals surface area contributed by atoms with Crippen molar-refractivity contribution in [3.63, 3.8) is 0 Å². The average molecular weight is 669 g/mol. The summed E-state index contributed by atoms with van der Waals surface area (Å²) in [5, 5.41) is 11.4. The van der Waals surface area contributed by atoms with Gasteiger partial charge in [0.2, 0.25) is 0 Å². The Hall–Kier alpha value is -5.25. The second-order valence-electron chi connectivity index (χ2n) is 13.3. The molecule has 0 unspecified atom stereocenters. The molecule has 11 nitrogen and oxygen atoms in total. The summed E-state index contributed by atoms with van der Waals surface area (Å²) in [5.74, 6) is 0.576. The van der Waals surface area contributed by atoms with Crippen LogP contribution >= 0.6 is 0 Å². The van der Waals surface area contributed by atoms with Crippen LogP contribution in [0.25, 0.3) is 38.5 Å². The van der Waals surface area contributed by atoms with Crippen molar-refractivity contribution in [3.05, 3.63) is 53.2 Å². The van der Waals surface area contributed by atoms with Crippen molar-refractivity contribution in [2.75, 3.05) is 37.7 Å². The average Bonchev–Trinajstić information content (AvgIpc) is 3.70. The first kappa shape index (κ1) is 31.0. The molecule has 0 aliphatic carbocycles. The minimum atomic E-state index is -0.969. The summed E-state index contributed by atoms with van der Waals surface area (Å²) in [6.07, 6.45) is 10.4. The number of halogens is 3. The number of fused-ring (bicyclic) bond motifs is 5. The molecule has 1 amide bonds. The number of alkyl halides is 1. The molecule has 1 N–H and O–H groups in total. The lowest BCUT2D eigenvalue weighted by Gasteiger charge is -2.40. The predicted molar refractivity (Wildman–Crippen MR) is 174 cm³/mol. The van der Waals surface area contributed by atoms with E-state index in [1.165, 1.54) is 30.5 Å². The Morgan fingerprint density at radius 2 is 2.00 bits per heavy atom. The maximum Gasteiger partial charge on any atom is 0.344 e. The number of hydrogen-bond donors (Lipinski definition) is 1. The van der Waals surface area contributed by atoms with Crippen LogP contribution < -0.4 is 9.64 Å². The highest BCUT2D eigenvalue weighted by atomic mass is 19.1. The molecule has 4 saturated heterocycles. The number of carbonyl (C=O) groups is 1. The fraction of sp³-hybridized carbons (Fsp3) is 0.400. The summed E-state index contributed by atoms with van der Waals surface area (Å²) >= 11 is 0. The Morgan fingerprint density at radius 3 is 2.76 bits per heavy atom. The topological polar surface area (TPSA) is 131 Å². The van der Waals surface area contributed by atoms with E-state index in [4.69, 9.17) is 21.7 Å². The van der Waals surface area contributed by atoms with E-state index < -0.39 is 29.3 Å². The van der Waals surface area contributed by atoms with Gasteiger partial charge in [-0.2, -0.15) is 14.8 Å². The fourth-order valence-corrected chi connectivity index (χ4v) is 8.47. The number of carbonyl (C=O) groups excluding carboxylic acids is 1. The third-order valence-electron chi connectivity index (χ3n) is 10.5. The number of hydrogen-bond acceptors (Lipinski definition) is 8. The number of anilines is 1. The van der Waals surface area contributed by atoms with Gasteiger partial charge in [0.15, 0.2) is 5.82 Å². The Labute approximate surface area is 278 Å². The van der Waals surface area contributed by atoms with E-state index in [1.807, 2.05) is 4.90 Å². The minimum Gasteiger partial charge on any atom is -0.508 e. The molecule has 2 aromatic heterocycles. The van der Waals surface area contributed by atoms with Crippen molar-refractivity contribution in [3.8, 4) is 35.4 Å². The molecule has 2 bridgehead atoms. The minimum absolute atomic E-state index is 0.0839. The van der Waals surface area contributed by atoms with E-state index in [-0.39, 0.29) is 63.6 Å². The first-order valence-corrected chi connectivity index (χ1v) is 16.2. The highest BCUT2D eigenvalue weighted by molar-refractivity contribution is 6.24. The van der Waals surface area contributed by atoms with Crippen LogP contribution in [0.3, 0.4) is 0 Å². The third kappa shape index (κ3) is 5.03. The Bertz CT molecular complexity index is 2120. The number of phenols is 1. The van der Waals surface area contributed by atoms with Crippen molar-refractivity contribution in [2.24, 2.45) is 0 Å². The zero-order chi connectivity index (χ0) is 34.0. The van der Waals surface area contributed by atoms with Gasteiger partial charge in [-0.3, -0.25) is 14.7 Å². The van der Waals surface area contributed by atoms with Gasteiger partial charge in [-0.05, 0) is 55.8 Å². The van der Waals surface area contributed by atoms with Gasteiger partial charge < -0.3 is 25.2 Å². The van der Waals surface area contributed by atoms with Gasteiger partial charge in [-0.25, -0.2) is 13.2 Å². The monoisotopic (exact) mass is 668 g/mol. The molecule has 8 rings (SSSR count). The largest absolute Gasteiger partial charge is 0.508 e. The Balaban J connectivity index is 1.26. The SMILES string of the molecule is C#Cc1c(F)ccc2cc(O)cc(-c3ncc4c(N5C[C@H]6CC[C@@H](C5)N6C(=O)C=[N+]=[N-])nc(OC[C@@]56CCCN5C[C@H](F)C6)nc4c3F)c12. The normalized spacial score (nSPS) is 24.7. The molecule has 4 aliphatic heterocycles. The van der Waals surface area contributed by atoms with Crippen LogP contribution in [0, 0.1) is 24.0 Å². The lowest BCUT2D eigenvalue weighted by atomic mass is 9.95. The van der Waals surface area contributed by atoms with Gasteiger partial charge in [0.25, 0.3) is 0 Å². The van der Waals surface area contributed by atoms with E-state index in [0.717, 1.165) is 38.4 Å². The lowest BCUT2D eigenvalue weighted by molar-refractivity contribution is -0.130. The summed E-state index contributed by atoms with van der Waals surface area (Å²) < 4.78 is 52.5. The number of aromatic hydroxyl groups is 1. The number of ether oxygens (including phenoxy) is 1. The maximum absolute atomic E-state index is 16.9. The Morgan fingerprint density at radius 1 is 1.20 bits per heavy atom. The highest BCUT2D eigenvalue weighted by Gasteiger charge is 2.49. The van der Waals surface area contributed by atoms with Crippen molar-refractivity contribution in [1.29, 1.82) is 0 Å². The number of pyridine rings is 1. The second-order valence-corrected chi connectivity index (χ2v) is 13.3. The van der Waals surface area contributed by atoms with Crippen LogP contribution in [0.4, 0.5) is 19.0 Å². The zero-order valence-corrected chi connectivity index (χ0v) is 26.3. The molecule has 49 heavy (non-hydrogen) atoms. The first-order valence-electron chi connectivity index (χ1n) is 16.2. The van der Waals surface area contributed by atoms with Gasteiger partial charge in [0.1, 0.15) is 41.4 Å². The number of piperazine rings is 1. The van der Waals surface area contributed by atoms with E-state index in [1.54, 1.807) is 4.90 Å². The molecule has 250 valence electrons. The zero-order valence-electron chi connectivity index (χ0n) is 26.3. The summed E-state index contributed by atoms with van der Waals surface area (Å²) in [7, 11) is 0. The van der Waals surface area contributed by atoms with Crippen LogP contribution in [0.5, 0.6) is 11.8 Å². The van der Waals surface area contributed by atoms with Crippen molar-refractivity contribution >= 4 is 39.6 Å². The summed E-state index contributed by atoms with van der Waals surface area (Å²) in [5.41, 5.74) is 8.12. The third-order valence-corrected chi connectivity index (χ3v) is 10.5. The predicted octanol–water partition coefficient (Wildman–Crippen LogP) is 4.25. The van der Waals surface area contributed by atoms with Gasteiger partial charge in [0.05, 0.1) is 28.6 Å². The van der Waals surface area contributed by atoms with Crippen LogP contribution in [0.1, 0.15) is 37.7 Å². The van der Waals surface area contributed by atoms with Crippen LogP contribution in [0.2, 0.25) is 0 Å². The molecular formula is C35H31F3N8O3. The van der Waals surface area contributed by atoms with E-state index in [0.29, 0.717) is 37.3 Å². The van der Waals surface area contributed by atoms with Gasteiger partial charge in [-0.15, -0.1) is 6.42 Å². The molecule has 4 atom stereocenters. The van der Waals surface area contributed by atoms with Gasteiger partial charge in [0, 0.05) is 43.2 Å². The molecule has 0 saturated carbocycles. The van der Waals surface area contributed by atoms with Crippen molar-refractivity contribution < 1.29 is 32.6 Å². The number of nitrogens with zero attached hydrogens (tertiary/aromatic N) is 8. The summed E-state index contributed by atoms with van der Waals surface area (Å²) in [6.45, 7) is 1.94. The standard InChI is InChI=1S/C35H31F3N8O3/c1-2-24-27(37)7-4-19-10-23(47)11-25(29(19)24)31-30(38)32-26(13-40-31)33(44-16-21-5-6-22(17-44)46(21)28(48)14-41-39)43-34(42-32)49-18-35-8-3-9-45(35)15-20(36)12-35/h1,4,7,10-11,13-14,20-22,47H,3,5-6,8-9,12,15-18H2/t20-,21-,22+,35+/m1/s1. The number of terminal acetylenes is 1. The van der Waals surface area contributed by atoms with Crippen molar-refractivity contribution in [2.45, 2.75) is 55.9 Å². The first-order chi connectivity index (χ1) is 23.7. The molecule has 0 radical (unpaired) electrons. The van der Waals surface area contributed by atoms with E-state index in [9.17, 15) is 18.7 Å². The Kier molecular flexibility index (Phi) is 7.42. The lowest BCUT2D eigenvalue weighted by Crippen LogP contribution is -2.56. The van der Waals surface area contributed by atoms with Crippen LogP contribution in [0.15, 0.2) is 30.5 Å². The number of phenolic OH excluding ortho intramolecular Hbond substituents is 1. The van der Waals surface area contributed by atoms with E-state index in [2.05, 4.69) is 25.6 Å².